The van der Waals surface area contributed by atoms with Crippen LogP contribution in [0.25, 0.3) is 11.0 Å². The van der Waals surface area contributed by atoms with Gasteiger partial charge in [0.25, 0.3) is 0 Å². The van der Waals surface area contributed by atoms with Crippen LogP contribution in [0.4, 0.5) is 5.69 Å². The average molecular weight is 351 g/mol. The fraction of sp³-hybridized carbons (Fsp3) is 0.533. The van der Waals surface area contributed by atoms with Gasteiger partial charge in [0.1, 0.15) is 0 Å². The molecule has 1 saturated carbocycles. The van der Waals surface area contributed by atoms with Gasteiger partial charge in [-0.2, -0.15) is 0 Å². The van der Waals surface area contributed by atoms with E-state index in [-0.39, 0.29) is 26.4 Å². The quantitative estimate of drug-likeness (QED) is 0.827. The molecule has 2 aromatic rings. The van der Waals surface area contributed by atoms with Crippen LogP contribution in [0, 0.1) is 0 Å². The van der Waals surface area contributed by atoms with Crippen molar-refractivity contribution in [2.75, 3.05) is 12.4 Å². The molecule has 2 N–H and O–H groups in total. The van der Waals surface area contributed by atoms with E-state index in [1.54, 1.807) is 0 Å². The number of carbonyl (C=O) groups is 1. The molecule has 0 unspecified atom stereocenters. The summed E-state index contributed by atoms with van der Waals surface area (Å²) < 4.78 is 8.75. The second-order valence-electron chi connectivity index (χ2n) is 5.75. The van der Waals surface area contributed by atoms with Gasteiger partial charge < -0.3 is 0 Å². The molecule has 0 spiro atoms. The number of benzene rings is 1. The monoisotopic (exact) mass is 352 g/mol. The molecule has 1 aromatic heterocycles. The maximum atomic E-state index is 12.4. The Balaban J connectivity index is 1.72. The van der Waals surface area contributed by atoms with E-state index in [1.807, 2.05) is 25.2 Å². The maximum absolute atomic E-state index is 12.4. The molecule has 0 aliphatic heterocycles. The average Bonchev–Trinajstić information content (AvgIpc) is 2.98. The summed E-state index contributed by atoms with van der Waals surface area (Å²) in [5.74, 6) is 0.0641. The van der Waals surface area contributed by atoms with Gasteiger partial charge in [-0.05, 0) is 0 Å². The first-order valence-electron chi connectivity index (χ1n) is 7.42. The first-order valence-corrected chi connectivity index (χ1v) is 8.96. The van der Waals surface area contributed by atoms with Gasteiger partial charge in [-0.25, -0.2) is 0 Å². The van der Waals surface area contributed by atoms with Crippen molar-refractivity contribution in [3.8, 4) is 0 Å². The van der Waals surface area contributed by atoms with Gasteiger partial charge in [-0.1, -0.05) is 0 Å². The van der Waals surface area contributed by atoms with E-state index in [4.69, 9.17) is 0 Å². The molecule has 6 heteroatoms. The number of carbonyl (C=O) groups excluding carboxylic acids is 1. The first-order chi connectivity index (χ1) is 10.2. The second-order valence-corrected chi connectivity index (χ2v) is 6.86. The van der Waals surface area contributed by atoms with E-state index >= 15 is 0 Å². The summed E-state index contributed by atoms with van der Waals surface area (Å²) in [6.45, 7) is 0. The van der Waals surface area contributed by atoms with E-state index in [0.29, 0.717) is 6.42 Å². The SMILES string of the molecule is CNC1(CC(=O)Nc2cccc3n[se]nc23)CCCCC1. The number of hydrogen-bond acceptors (Lipinski definition) is 4. The zero-order valence-corrected chi connectivity index (χ0v) is 13.9. The third-order valence-electron chi connectivity index (χ3n) is 4.40. The predicted molar refractivity (Wildman–Crippen MR) is 84.6 cm³/mol. The van der Waals surface area contributed by atoms with Crippen LogP contribution < -0.4 is 10.6 Å². The third-order valence-corrected chi connectivity index (χ3v) is 5.54. The van der Waals surface area contributed by atoms with Crippen molar-refractivity contribution < 1.29 is 4.79 Å². The minimum atomic E-state index is -0.0707. The number of anilines is 1. The molecule has 5 nitrogen and oxygen atoms in total. The van der Waals surface area contributed by atoms with Crippen LogP contribution in [-0.2, 0) is 4.79 Å². The van der Waals surface area contributed by atoms with Crippen LogP contribution in [0.3, 0.4) is 0 Å². The molecule has 1 amide bonds. The van der Waals surface area contributed by atoms with Crippen molar-refractivity contribution in [3.05, 3.63) is 18.2 Å². The Labute approximate surface area is 130 Å². The Kier molecular flexibility index (Phi) is 4.38. The molecule has 0 saturated heterocycles. The van der Waals surface area contributed by atoms with Crippen molar-refractivity contribution in [3.63, 3.8) is 0 Å². The number of rotatable bonds is 4. The van der Waals surface area contributed by atoms with E-state index in [9.17, 15) is 4.79 Å². The van der Waals surface area contributed by atoms with E-state index < -0.39 is 0 Å². The van der Waals surface area contributed by atoms with Crippen LogP contribution in [0.5, 0.6) is 0 Å². The van der Waals surface area contributed by atoms with Gasteiger partial charge in [-0.15, -0.1) is 0 Å². The number of amides is 1. The van der Waals surface area contributed by atoms with Crippen molar-refractivity contribution in [2.45, 2.75) is 44.1 Å². The van der Waals surface area contributed by atoms with Crippen molar-refractivity contribution >= 4 is 37.6 Å². The van der Waals surface area contributed by atoms with Crippen LogP contribution in [0.1, 0.15) is 38.5 Å². The summed E-state index contributed by atoms with van der Waals surface area (Å²) in [5, 5.41) is 6.41. The molecule has 0 radical (unpaired) electrons. The van der Waals surface area contributed by atoms with Gasteiger partial charge in [0.05, 0.1) is 0 Å². The minimum absolute atomic E-state index is 0.0360. The number of nitrogens with zero attached hydrogens (tertiary/aromatic N) is 2. The van der Waals surface area contributed by atoms with Crippen molar-refractivity contribution in [1.82, 2.24) is 13.3 Å². The van der Waals surface area contributed by atoms with Gasteiger partial charge in [0.15, 0.2) is 0 Å². The molecule has 1 heterocycles. The fourth-order valence-electron chi connectivity index (χ4n) is 3.15. The van der Waals surface area contributed by atoms with E-state index in [2.05, 4.69) is 18.6 Å². The molecule has 0 bridgehead atoms. The number of fused-ring (bicyclic) bond motifs is 1. The zero-order valence-electron chi connectivity index (χ0n) is 12.2. The Hall–Kier alpha value is -1.23. The fourth-order valence-corrected chi connectivity index (χ4v) is 4.31. The van der Waals surface area contributed by atoms with Gasteiger partial charge in [0.2, 0.25) is 0 Å². The number of nitrogens with one attached hydrogen (secondary N) is 2. The summed E-state index contributed by atoms with van der Waals surface area (Å²) >= 11 is -0.0707. The van der Waals surface area contributed by atoms with E-state index in [0.717, 1.165) is 29.6 Å². The van der Waals surface area contributed by atoms with Crippen molar-refractivity contribution in [1.29, 1.82) is 0 Å². The summed E-state index contributed by atoms with van der Waals surface area (Å²) in [6.07, 6.45) is 6.35. The molecule has 1 aliphatic rings. The van der Waals surface area contributed by atoms with Crippen LogP contribution in [0.2, 0.25) is 0 Å². The molecule has 1 aromatic carbocycles. The molecular weight excluding hydrogens is 331 g/mol. The molecule has 112 valence electrons. The molecule has 1 fully saturated rings. The van der Waals surface area contributed by atoms with E-state index in [1.165, 1.54) is 19.3 Å². The Morgan fingerprint density at radius 1 is 1.29 bits per heavy atom. The molecule has 21 heavy (non-hydrogen) atoms. The Bertz CT molecular complexity index is 633. The third kappa shape index (κ3) is 3.18. The van der Waals surface area contributed by atoms with Crippen LogP contribution in [-0.4, -0.2) is 41.4 Å². The van der Waals surface area contributed by atoms with Gasteiger partial charge >= 0.3 is 130 Å². The molecule has 0 atom stereocenters. The number of hydrogen-bond donors (Lipinski definition) is 2. The summed E-state index contributed by atoms with van der Waals surface area (Å²) in [6, 6.07) is 5.77. The molecule has 1 aliphatic carbocycles. The Morgan fingerprint density at radius 3 is 2.86 bits per heavy atom. The number of aromatic nitrogens is 2. The Morgan fingerprint density at radius 2 is 2.10 bits per heavy atom. The van der Waals surface area contributed by atoms with Gasteiger partial charge in [0, 0.05) is 0 Å². The van der Waals surface area contributed by atoms with Crippen molar-refractivity contribution in [2.24, 2.45) is 0 Å². The first kappa shape index (κ1) is 14.7. The zero-order chi connectivity index (χ0) is 14.7. The predicted octanol–water partition coefficient (Wildman–Crippen LogP) is 1.94. The molecule has 3 rings (SSSR count). The standard InChI is InChI=1S/C15H20N4OSe/c1-16-15(8-3-2-4-9-15)10-13(20)17-11-6-5-7-12-14(11)19-21-18-12/h5-7,16H,2-4,8-10H2,1H3,(H,17,20). The van der Waals surface area contributed by atoms with Crippen LogP contribution in [0.15, 0.2) is 18.2 Å². The summed E-state index contributed by atoms with van der Waals surface area (Å²) in [7, 11) is 1.97. The second kappa shape index (κ2) is 6.26. The van der Waals surface area contributed by atoms with Gasteiger partial charge in [-0.3, -0.25) is 0 Å². The topological polar surface area (TPSA) is 66.9 Å². The molecular formula is C15H20N4OSe. The summed E-state index contributed by atoms with van der Waals surface area (Å²) in [4.78, 5) is 12.4. The van der Waals surface area contributed by atoms with Crippen LogP contribution >= 0.6 is 0 Å². The summed E-state index contributed by atoms with van der Waals surface area (Å²) in [5.41, 5.74) is 2.50. The normalized spacial score (nSPS) is 17.8.